The van der Waals surface area contributed by atoms with E-state index in [2.05, 4.69) is 6.92 Å². The minimum Gasteiger partial charge on any atom is -0.481 e. The van der Waals surface area contributed by atoms with Crippen LogP contribution in [0.2, 0.25) is 0 Å². The average molecular weight is 213 g/mol. The van der Waals surface area contributed by atoms with E-state index in [0.29, 0.717) is 18.8 Å². The van der Waals surface area contributed by atoms with E-state index >= 15 is 0 Å². The molecular weight excluding hydrogens is 194 g/mol. The van der Waals surface area contributed by atoms with Crippen molar-refractivity contribution >= 4 is 11.9 Å². The molecule has 0 heterocycles. The maximum absolute atomic E-state index is 11.5. The predicted molar refractivity (Wildman–Crippen MR) is 56.4 cm³/mol. The Kier molecular flexibility index (Phi) is 4.12. The van der Waals surface area contributed by atoms with Gasteiger partial charge in [-0.1, -0.05) is 6.92 Å². The lowest BCUT2D eigenvalue weighted by Crippen LogP contribution is -2.28. The number of carboxylic acids is 1. The highest BCUT2D eigenvalue weighted by Gasteiger charge is 2.33. The summed E-state index contributed by atoms with van der Waals surface area (Å²) in [6.45, 7) is 3.01. The molecule has 1 rings (SSSR count). The molecule has 0 aromatic carbocycles. The molecule has 1 aliphatic rings. The lowest BCUT2D eigenvalue weighted by atomic mass is 10.2. The Morgan fingerprint density at radius 1 is 1.40 bits per heavy atom. The first-order valence-corrected chi connectivity index (χ1v) is 5.46. The highest BCUT2D eigenvalue weighted by Crippen LogP contribution is 2.37. The molecule has 0 radical (unpaired) electrons. The summed E-state index contributed by atoms with van der Waals surface area (Å²) in [5.41, 5.74) is 0. The molecular formula is C11H19NO3. The van der Waals surface area contributed by atoms with Crippen molar-refractivity contribution in [2.24, 2.45) is 11.8 Å². The van der Waals surface area contributed by atoms with Crippen LogP contribution in [0.4, 0.5) is 0 Å². The first-order valence-electron chi connectivity index (χ1n) is 5.46. The van der Waals surface area contributed by atoms with Crippen LogP contribution in [0.25, 0.3) is 0 Å². The van der Waals surface area contributed by atoms with Crippen LogP contribution in [0.5, 0.6) is 0 Å². The van der Waals surface area contributed by atoms with Gasteiger partial charge in [-0.05, 0) is 24.7 Å². The van der Waals surface area contributed by atoms with E-state index in [0.717, 1.165) is 12.5 Å². The SMILES string of the molecule is CC1CC1CN(C)C(=O)CCCC(=O)O. The number of hydrogen-bond donors (Lipinski definition) is 1. The standard InChI is InChI=1S/C11H19NO3/c1-8-6-9(8)7-12(2)10(13)4-3-5-11(14)15/h8-9H,3-7H2,1-2H3,(H,14,15). The van der Waals surface area contributed by atoms with Crippen molar-refractivity contribution in [3.8, 4) is 0 Å². The molecule has 0 aliphatic heterocycles. The Hall–Kier alpha value is -1.06. The van der Waals surface area contributed by atoms with E-state index in [1.54, 1.807) is 11.9 Å². The second-order valence-electron chi connectivity index (χ2n) is 4.49. The van der Waals surface area contributed by atoms with Gasteiger partial charge in [-0.15, -0.1) is 0 Å². The topological polar surface area (TPSA) is 57.6 Å². The lowest BCUT2D eigenvalue weighted by Gasteiger charge is -2.16. The van der Waals surface area contributed by atoms with Gasteiger partial charge in [0.2, 0.25) is 5.91 Å². The summed E-state index contributed by atoms with van der Waals surface area (Å²) in [4.78, 5) is 23.5. The van der Waals surface area contributed by atoms with Gasteiger partial charge in [0.15, 0.2) is 0 Å². The fourth-order valence-electron chi connectivity index (χ4n) is 1.69. The van der Waals surface area contributed by atoms with E-state index in [1.165, 1.54) is 6.42 Å². The van der Waals surface area contributed by atoms with Crippen LogP contribution in [-0.4, -0.2) is 35.5 Å². The largest absolute Gasteiger partial charge is 0.481 e. The number of carboxylic acid groups (broad SMARTS) is 1. The molecule has 2 unspecified atom stereocenters. The molecule has 0 spiro atoms. The number of hydrogen-bond acceptors (Lipinski definition) is 2. The van der Waals surface area contributed by atoms with Crippen LogP contribution >= 0.6 is 0 Å². The molecule has 1 amide bonds. The predicted octanol–water partition coefficient (Wildman–Crippen LogP) is 1.36. The number of aliphatic carboxylic acids is 1. The third-order valence-corrected chi connectivity index (χ3v) is 2.99. The molecule has 4 nitrogen and oxygen atoms in total. The van der Waals surface area contributed by atoms with Crippen molar-refractivity contribution < 1.29 is 14.7 Å². The summed E-state index contributed by atoms with van der Waals surface area (Å²) in [5.74, 6) is 0.648. The Morgan fingerprint density at radius 2 is 2.00 bits per heavy atom. The minimum absolute atomic E-state index is 0.0651. The molecule has 4 heteroatoms. The third-order valence-electron chi connectivity index (χ3n) is 2.99. The van der Waals surface area contributed by atoms with Crippen molar-refractivity contribution in [3.63, 3.8) is 0 Å². The zero-order chi connectivity index (χ0) is 11.4. The van der Waals surface area contributed by atoms with E-state index in [9.17, 15) is 9.59 Å². The second kappa shape index (κ2) is 5.14. The molecule has 1 N–H and O–H groups in total. The highest BCUT2D eigenvalue weighted by molar-refractivity contribution is 5.76. The molecule has 1 aliphatic carbocycles. The van der Waals surface area contributed by atoms with Crippen LogP contribution < -0.4 is 0 Å². The van der Waals surface area contributed by atoms with Crippen LogP contribution in [0, 0.1) is 11.8 Å². The number of carbonyl (C=O) groups is 2. The zero-order valence-electron chi connectivity index (χ0n) is 9.40. The molecule has 1 saturated carbocycles. The van der Waals surface area contributed by atoms with Crippen molar-refractivity contribution in [3.05, 3.63) is 0 Å². The van der Waals surface area contributed by atoms with E-state index in [4.69, 9.17) is 5.11 Å². The molecule has 2 atom stereocenters. The second-order valence-corrected chi connectivity index (χ2v) is 4.49. The number of rotatable bonds is 6. The fraction of sp³-hybridized carbons (Fsp3) is 0.818. The van der Waals surface area contributed by atoms with Gasteiger partial charge in [0, 0.05) is 26.4 Å². The summed E-state index contributed by atoms with van der Waals surface area (Å²) in [6.07, 6.45) is 2.09. The Morgan fingerprint density at radius 3 is 2.47 bits per heavy atom. The van der Waals surface area contributed by atoms with E-state index in [-0.39, 0.29) is 12.3 Å². The third kappa shape index (κ3) is 4.32. The number of carbonyl (C=O) groups excluding carboxylic acids is 1. The van der Waals surface area contributed by atoms with Crippen LogP contribution in [0.1, 0.15) is 32.6 Å². The minimum atomic E-state index is -0.832. The van der Waals surface area contributed by atoms with Gasteiger partial charge in [-0.25, -0.2) is 0 Å². The van der Waals surface area contributed by atoms with E-state index in [1.807, 2.05) is 0 Å². The number of amides is 1. The van der Waals surface area contributed by atoms with Gasteiger partial charge in [-0.2, -0.15) is 0 Å². The lowest BCUT2D eigenvalue weighted by molar-refractivity contribution is -0.137. The molecule has 15 heavy (non-hydrogen) atoms. The molecule has 86 valence electrons. The summed E-state index contributed by atoms with van der Waals surface area (Å²) < 4.78 is 0. The van der Waals surface area contributed by atoms with Crippen molar-refractivity contribution in [2.45, 2.75) is 32.6 Å². The Balaban J connectivity index is 2.12. The summed E-state index contributed by atoms with van der Waals surface area (Å²) >= 11 is 0. The highest BCUT2D eigenvalue weighted by atomic mass is 16.4. The van der Waals surface area contributed by atoms with Gasteiger partial charge in [0.05, 0.1) is 0 Å². The van der Waals surface area contributed by atoms with Gasteiger partial charge < -0.3 is 10.0 Å². The van der Waals surface area contributed by atoms with Gasteiger partial charge in [0.1, 0.15) is 0 Å². The molecule has 0 saturated heterocycles. The summed E-state index contributed by atoms with van der Waals surface area (Å²) in [5, 5.41) is 8.43. The van der Waals surface area contributed by atoms with Crippen LogP contribution in [0.3, 0.4) is 0 Å². The Labute approximate surface area is 90.3 Å². The van der Waals surface area contributed by atoms with Gasteiger partial charge in [-0.3, -0.25) is 9.59 Å². The van der Waals surface area contributed by atoms with Crippen LogP contribution in [0.15, 0.2) is 0 Å². The quantitative estimate of drug-likeness (QED) is 0.724. The van der Waals surface area contributed by atoms with E-state index < -0.39 is 5.97 Å². The van der Waals surface area contributed by atoms with Crippen LogP contribution in [-0.2, 0) is 9.59 Å². The molecule has 0 aromatic rings. The van der Waals surface area contributed by atoms with Crippen molar-refractivity contribution in [2.75, 3.05) is 13.6 Å². The average Bonchev–Trinajstić information content (AvgIpc) is 2.80. The normalized spacial score (nSPS) is 23.6. The smallest absolute Gasteiger partial charge is 0.303 e. The first-order chi connectivity index (χ1) is 7.00. The molecule has 0 aromatic heterocycles. The maximum Gasteiger partial charge on any atom is 0.303 e. The van der Waals surface area contributed by atoms with Gasteiger partial charge >= 0.3 is 5.97 Å². The molecule has 0 bridgehead atoms. The summed E-state index contributed by atoms with van der Waals surface area (Å²) in [7, 11) is 1.80. The number of nitrogens with zero attached hydrogens (tertiary/aromatic N) is 1. The maximum atomic E-state index is 11.5. The Bertz CT molecular complexity index is 252. The van der Waals surface area contributed by atoms with Gasteiger partial charge in [0.25, 0.3) is 0 Å². The first kappa shape index (κ1) is 12.0. The summed E-state index contributed by atoms with van der Waals surface area (Å²) in [6, 6.07) is 0. The molecule has 1 fully saturated rings. The zero-order valence-corrected chi connectivity index (χ0v) is 9.40. The van der Waals surface area contributed by atoms with Crippen molar-refractivity contribution in [1.29, 1.82) is 0 Å². The fourth-order valence-corrected chi connectivity index (χ4v) is 1.69. The van der Waals surface area contributed by atoms with Crippen molar-refractivity contribution in [1.82, 2.24) is 4.90 Å². The monoisotopic (exact) mass is 213 g/mol.